The number of nitrogens with one attached hydrogen (secondary N) is 2. The highest BCUT2D eigenvalue weighted by Gasteiger charge is 2.30. The third-order valence-electron chi connectivity index (χ3n) is 4.60. The van der Waals surface area contributed by atoms with Crippen molar-refractivity contribution >= 4 is 6.09 Å². The normalized spacial score (nSPS) is 18.7. The van der Waals surface area contributed by atoms with Crippen molar-refractivity contribution in [2.45, 2.75) is 31.5 Å². The number of hydrogen-bond acceptors (Lipinski definition) is 6. The molecule has 2 heterocycles. The van der Waals surface area contributed by atoms with Crippen LogP contribution in [-0.4, -0.2) is 44.0 Å². The van der Waals surface area contributed by atoms with Gasteiger partial charge in [-0.25, -0.2) is 9.78 Å². The maximum absolute atomic E-state index is 12.2. The van der Waals surface area contributed by atoms with Crippen molar-refractivity contribution < 1.29 is 19.0 Å². The first-order chi connectivity index (χ1) is 13.2. The average molecular weight is 371 g/mol. The molecular formula is C20H25N3O4. The van der Waals surface area contributed by atoms with Crippen molar-refractivity contribution in [3.63, 3.8) is 0 Å². The lowest BCUT2D eigenvalue weighted by Crippen LogP contribution is -2.38. The first kappa shape index (κ1) is 19.0. The molecule has 0 aliphatic carbocycles. The van der Waals surface area contributed by atoms with E-state index >= 15 is 0 Å². The number of rotatable bonds is 7. The molecule has 1 fully saturated rings. The largest absolute Gasteiger partial charge is 0.497 e. The maximum Gasteiger partial charge on any atom is 0.407 e. The average Bonchev–Trinajstić information content (AvgIpc) is 3.13. The van der Waals surface area contributed by atoms with Gasteiger partial charge in [0.25, 0.3) is 0 Å². The Morgan fingerprint density at radius 2 is 2.00 bits per heavy atom. The third-order valence-corrected chi connectivity index (χ3v) is 4.60. The Labute approximate surface area is 159 Å². The van der Waals surface area contributed by atoms with Crippen LogP contribution in [-0.2, 0) is 17.7 Å². The number of alkyl carbamates (subject to hydrolysis) is 1. The van der Waals surface area contributed by atoms with Gasteiger partial charge < -0.3 is 24.8 Å². The summed E-state index contributed by atoms with van der Waals surface area (Å²) >= 11 is 0. The number of carbonyl (C=O) groups is 1. The minimum atomic E-state index is -0.417. The molecule has 2 aromatic rings. The predicted molar refractivity (Wildman–Crippen MR) is 101 cm³/mol. The van der Waals surface area contributed by atoms with Crippen LogP contribution in [0.15, 0.2) is 42.6 Å². The van der Waals surface area contributed by atoms with Gasteiger partial charge in [0.15, 0.2) is 0 Å². The van der Waals surface area contributed by atoms with E-state index in [1.807, 2.05) is 30.3 Å². The Morgan fingerprint density at radius 3 is 2.74 bits per heavy atom. The van der Waals surface area contributed by atoms with Crippen LogP contribution in [0, 0.1) is 0 Å². The summed E-state index contributed by atoms with van der Waals surface area (Å²) in [6.07, 6.45) is 2.67. The van der Waals surface area contributed by atoms with Crippen LogP contribution in [0.25, 0.3) is 0 Å². The first-order valence-corrected chi connectivity index (χ1v) is 8.97. The summed E-state index contributed by atoms with van der Waals surface area (Å²) in [4.78, 5) is 16.2. The summed E-state index contributed by atoms with van der Waals surface area (Å²) in [5, 5.41) is 6.20. The summed E-state index contributed by atoms with van der Waals surface area (Å²) in [6.45, 7) is 1.20. The molecular weight excluding hydrogens is 346 g/mol. The van der Waals surface area contributed by atoms with E-state index in [9.17, 15) is 4.79 Å². The molecule has 1 saturated heterocycles. The molecule has 0 bridgehead atoms. The number of aromatic nitrogens is 1. The number of carbonyl (C=O) groups excluding carboxylic acids is 1. The van der Waals surface area contributed by atoms with Gasteiger partial charge in [0.1, 0.15) is 11.9 Å². The second kappa shape index (κ2) is 9.23. The van der Waals surface area contributed by atoms with Crippen LogP contribution in [0.5, 0.6) is 11.6 Å². The van der Waals surface area contributed by atoms with E-state index in [1.165, 1.54) is 5.56 Å². The molecule has 2 atom stereocenters. The molecule has 27 heavy (non-hydrogen) atoms. The summed E-state index contributed by atoms with van der Waals surface area (Å²) in [5.41, 5.74) is 2.08. The fraction of sp³-hybridized carbons (Fsp3) is 0.400. The quantitative estimate of drug-likeness (QED) is 0.777. The molecule has 2 N–H and O–H groups in total. The summed E-state index contributed by atoms with van der Waals surface area (Å²) in [6, 6.07) is 11.7. The van der Waals surface area contributed by atoms with E-state index in [-0.39, 0.29) is 12.1 Å². The van der Waals surface area contributed by atoms with Gasteiger partial charge in [-0.05, 0) is 48.7 Å². The fourth-order valence-electron chi connectivity index (χ4n) is 3.13. The number of pyridine rings is 1. The van der Waals surface area contributed by atoms with Crippen LogP contribution in [0.2, 0.25) is 0 Å². The van der Waals surface area contributed by atoms with Crippen LogP contribution in [0.1, 0.15) is 17.5 Å². The molecule has 1 aromatic heterocycles. The van der Waals surface area contributed by atoms with Gasteiger partial charge in [0.05, 0.1) is 14.2 Å². The van der Waals surface area contributed by atoms with E-state index in [4.69, 9.17) is 14.2 Å². The first-order valence-electron chi connectivity index (χ1n) is 8.97. The van der Waals surface area contributed by atoms with E-state index in [1.54, 1.807) is 26.5 Å². The second-order valence-electron chi connectivity index (χ2n) is 6.41. The maximum atomic E-state index is 12.2. The summed E-state index contributed by atoms with van der Waals surface area (Å²) in [7, 11) is 3.21. The molecule has 1 amide bonds. The van der Waals surface area contributed by atoms with E-state index in [0.29, 0.717) is 12.4 Å². The Morgan fingerprint density at radius 1 is 1.19 bits per heavy atom. The van der Waals surface area contributed by atoms with Gasteiger partial charge in [-0.1, -0.05) is 12.1 Å². The van der Waals surface area contributed by atoms with Crippen molar-refractivity contribution in [2.75, 3.05) is 20.8 Å². The second-order valence-corrected chi connectivity index (χ2v) is 6.41. The number of amides is 1. The highest BCUT2D eigenvalue weighted by molar-refractivity contribution is 5.67. The molecule has 0 radical (unpaired) electrons. The molecule has 7 heteroatoms. The lowest BCUT2D eigenvalue weighted by Gasteiger charge is -2.20. The van der Waals surface area contributed by atoms with Crippen LogP contribution in [0.3, 0.4) is 0 Å². The molecule has 0 saturated carbocycles. The Balaban J connectivity index is 1.50. The number of nitrogens with zero attached hydrogens (tertiary/aromatic N) is 1. The molecule has 0 spiro atoms. The Bertz CT molecular complexity index is 751. The zero-order chi connectivity index (χ0) is 19.1. The highest BCUT2D eigenvalue weighted by Crippen LogP contribution is 2.19. The zero-order valence-corrected chi connectivity index (χ0v) is 15.6. The van der Waals surface area contributed by atoms with E-state index < -0.39 is 6.09 Å². The molecule has 0 unspecified atom stereocenters. The lowest BCUT2D eigenvalue weighted by atomic mass is 10.0. The monoisotopic (exact) mass is 371 g/mol. The number of benzene rings is 1. The standard InChI is InChI=1S/C20H25N3O4/c1-25-16-5-3-14(4-6-16)11-17-18(8-10-21-17)27-20(24)23-13-15-7-9-22-19(12-15)26-2/h3-7,9,12,17-18,21H,8,10-11,13H2,1-2H3,(H,23,24)/t17-,18-/m1/s1. The van der Waals surface area contributed by atoms with Crippen molar-refractivity contribution in [1.29, 1.82) is 0 Å². The van der Waals surface area contributed by atoms with Crippen molar-refractivity contribution in [3.8, 4) is 11.6 Å². The van der Waals surface area contributed by atoms with E-state index in [2.05, 4.69) is 15.6 Å². The van der Waals surface area contributed by atoms with Gasteiger partial charge in [-0.15, -0.1) is 0 Å². The van der Waals surface area contributed by atoms with Crippen LogP contribution in [0.4, 0.5) is 4.79 Å². The SMILES string of the molecule is COc1ccc(C[C@H]2NCC[C@H]2OC(=O)NCc2ccnc(OC)c2)cc1. The van der Waals surface area contributed by atoms with Crippen molar-refractivity contribution in [1.82, 2.24) is 15.6 Å². The number of hydrogen-bond donors (Lipinski definition) is 2. The Kier molecular flexibility index (Phi) is 6.49. The van der Waals surface area contributed by atoms with Gasteiger partial charge in [-0.2, -0.15) is 0 Å². The van der Waals surface area contributed by atoms with Gasteiger partial charge in [0, 0.05) is 24.8 Å². The molecule has 1 aromatic carbocycles. The minimum Gasteiger partial charge on any atom is -0.497 e. The van der Waals surface area contributed by atoms with E-state index in [0.717, 1.165) is 30.7 Å². The van der Waals surface area contributed by atoms with Crippen LogP contribution < -0.4 is 20.1 Å². The Hall–Kier alpha value is -2.80. The molecule has 144 valence electrons. The van der Waals surface area contributed by atoms with Gasteiger partial charge in [-0.3, -0.25) is 0 Å². The van der Waals surface area contributed by atoms with Crippen LogP contribution >= 0.6 is 0 Å². The summed E-state index contributed by atoms with van der Waals surface area (Å²) in [5.74, 6) is 1.35. The smallest absolute Gasteiger partial charge is 0.407 e. The lowest BCUT2D eigenvalue weighted by molar-refractivity contribution is 0.0896. The fourth-order valence-corrected chi connectivity index (χ4v) is 3.13. The molecule has 1 aliphatic heterocycles. The minimum absolute atomic E-state index is 0.102. The topological polar surface area (TPSA) is 81.7 Å². The van der Waals surface area contributed by atoms with Gasteiger partial charge >= 0.3 is 6.09 Å². The predicted octanol–water partition coefficient (Wildman–Crippen LogP) is 2.30. The highest BCUT2D eigenvalue weighted by atomic mass is 16.6. The third kappa shape index (κ3) is 5.34. The molecule has 3 rings (SSSR count). The summed E-state index contributed by atoms with van der Waals surface area (Å²) < 4.78 is 15.9. The number of ether oxygens (including phenoxy) is 3. The van der Waals surface area contributed by atoms with Gasteiger partial charge in [0.2, 0.25) is 5.88 Å². The van der Waals surface area contributed by atoms with Crippen molar-refractivity contribution in [2.24, 2.45) is 0 Å². The molecule has 7 nitrogen and oxygen atoms in total. The zero-order valence-electron chi connectivity index (χ0n) is 15.6. The molecule has 1 aliphatic rings. The number of methoxy groups -OCH3 is 2. The van der Waals surface area contributed by atoms with Crippen molar-refractivity contribution in [3.05, 3.63) is 53.7 Å².